The van der Waals surface area contributed by atoms with Crippen molar-refractivity contribution in [1.82, 2.24) is 5.32 Å². The summed E-state index contributed by atoms with van der Waals surface area (Å²) in [6.45, 7) is 2.77. The molecule has 74 valence electrons. The molecule has 0 atom stereocenters. The number of phenolic OH excluding ortho intramolecular Hbond substituents is 1. The molecule has 1 rings (SSSR count). The van der Waals surface area contributed by atoms with Crippen molar-refractivity contribution in [1.29, 1.82) is 0 Å². The fourth-order valence-electron chi connectivity index (χ4n) is 1.10. The zero-order valence-corrected chi connectivity index (χ0v) is 8.59. The van der Waals surface area contributed by atoms with Crippen molar-refractivity contribution in [2.75, 3.05) is 13.6 Å². The minimum Gasteiger partial charge on any atom is -0.508 e. The third-order valence-electron chi connectivity index (χ3n) is 2.03. The Balaban J connectivity index is 2.74. The van der Waals surface area contributed by atoms with Gasteiger partial charge in [0, 0.05) is 24.1 Å². The van der Waals surface area contributed by atoms with Crippen LogP contribution in [0.1, 0.15) is 17.5 Å². The minimum atomic E-state index is 0.311. The number of hydrogen-bond acceptors (Lipinski definition) is 2. The van der Waals surface area contributed by atoms with Crippen LogP contribution in [0.3, 0.4) is 0 Å². The zero-order chi connectivity index (χ0) is 10.4. The Kier molecular flexibility index (Phi) is 4.03. The van der Waals surface area contributed by atoms with E-state index in [2.05, 4.69) is 17.2 Å². The van der Waals surface area contributed by atoms with E-state index in [0.29, 0.717) is 5.75 Å². The molecule has 0 aliphatic heterocycles. The van der Waals surface area contributed by atoms with Crippen LogP contribution in [0.15, 0.2) is 18.2 Å². The van der Waals surface area contributed by atoms with Gasteiger partial charge in [0.05, 0.1) is 0 Å². The minimum absolute atomic E-state index is 0.311. The lowest BCUT2D eigenvalue weighted by molar-refractivity contribution is 0.471. The van der Waals surface area contributed by atoms with Crippen LogP contribution in [0, 0.1) is 18.8 Å². The predicted octanol–water partition coefficient (Wildman–Crippen LogP) is 1.66. The van der Waals surface area contributed by atoms with Gasteiger partial charge in [0.25, 0.3) is 0 Å². The Morgan fingerprint density at radius 2 is 2.21 bits per heavy atom. The van der Waals surface area contributed by atoms with Crippen LogP contribution >= 0.6 is 0 Å². The van der Waals surface area contributed by atoms with Gasteiger partial charge < -0.3 is 10.4 Å². The summed E-state index contributed by atoms with van der Waals surface area (Å²) in [6, 6.07) is 5.40. The fraction of sp³-hybridized carbons (Fsp3) is 0.333. The molecular formula is C12H15NO. The van der Waals surface area contributed by atoms with E-state index in [4.69, 9.17) is 0 Å². The van der Waals surface area contributed by atoms with Gasteiger partial charge in [-0.05, 0) is 26.1 Å². The van der Waals surface area contributed by atoms with Crippen molar-refractivity contribution in [3.63, 3.8) is 0 Å². The van der Waals surface area contributed by atoms with Gasteiger partial charge in [-0.2, -0.15) is 0 Å². The monoisotopic (exact) mass is 189 g/mol. The molecule has 1 aromatic rings. The summed E-state index contributed by atoms with van der Waals surface area (Å²) in [6.07, 6.45) is 0.825. The molecule has 14 heavy (non-hydrogen) atoms. The van der Waals surface area contributed by atoms with Gasteiger partial charge in [-0.3, -0.25) is 0 Å². The summed E-state index contributed by atoms with van der Waals surface area (Å²) in [5.41, 5.74) is 1.76. The first-order valence-electron chi connectivity index (χ1n) is 4.67. The Labute approximate surface area is 85.0 Å². The van der Waals surface area contributed by atoms with Crippen LogP contribution in [0.4, 0.5) is 0 Å². The van der Waals surface area contributed by atoms with Crippen LogP contribution in [-0.2, 0) is 0 Å². The maximum Gasteiger partial charge on any atom is 0.119 e. The van der Waals surface area contributed by atoms with E-state index in [-0.39, 0.29) is 0 Å². The predicted molar refractivity (Wildman–Crippen MR) is 58.3 cm³/mol. The molecule has 0 fully saturated rings. The number of phenols is 1. The van der Waals surface area contributed by atoms with Gasteiger partial charge in [0.15, 0.2) is 0 Å². The van der Waals surface area contributed by atoms with E-state index in [0.717, 1.165) is 24.1 Å². The normalized spacial score (nSPS) is 9.29. The first-order valence-corrected chi connectivity index (χ1v) is 4.67. The molecule has 0 saturated carbocycles. The van der Waals surface area contributed by atoms with Crippen molar-refractivity contribution < 1.29 is 5.11 Å². The highest BCUT2D eigenvalue weighted by atomic mass is 16.3. The number of nitrogens with one attached hydrogen (secondary N) is 1. The lowest BCUT2D eigenvalue weighted by Crippen LogP contribution is -2.05. The number of benzene rings is 1. The van der Waals surface area contributed by atoms with Crippen LogP contribution < -0.4 is 5.32 Å². The molecule has 0 aromatic heterocycles. The van der Waals surface area contributed by atoms with Gasteiger partial charge in [-0.1, -0.05) is 17.9 Å². The van der Waals surface area contributed by atoms with Gasteiger partial charge in [0.2, 0.25) is 0 Å². The second-order valence-electron chi connectivity index (χ2n) is 3.11. The van der Waals surface area contributed by atoms with Crippen LogP contribution in [0.5, 0.6) is 5.75 Å². The molecule has 0 unspecified atom stereocenters. The van der Waals surface area contributed by atoms with Crippen LogP contribution in [0.2, 0.25) is 0 Å². The molecule has 0 amide bonds. The largest absolute Gasteiger partial charge is 0.508 e. The quantitative estimate of drug-likeness (QED) is 0.548. The second kappa shape index (κ2) is 5.31. The fourth-order valence-corrected chi connectivity index (χ4v) is 1.10. The van der Waals surface area contributed by atoms with Gasteiger partial charge in [-0.15, -0.1) is 0 Å². The Bertz CT molecular complexity index is 360. The lowest BCUT2D eigenvalue weighted by Gasteiger charge is -1.99. The van der Waals surface area contributed by atoms with Gasteiger partial charge >= 0.3 is 0 Å². The Morgan fingerprint density at radius 3 is 2.93 bits per heavy atom. The molecule has 0 saturated heterocycles. The molecule has 0 spiro atoms. The van der Waals surface area contributed by atoms with Crippen molar-refractivity contribution in [2.24, 2.45) is 0 Å². The van der Waals surface area contributed by atoms with E-state index in [1.165, 1.54) is 0 Å². The number of hydrogen-bond donors (Lipinski definition) is 2. The molecule has 0 bridgehead atoms. The average molecular weight is 189 g/mol. The van der Waals surface area contributed by atoms with Gasteiger partial charge in [-0.25, -0.2) is 0 Å². The van der Waals surface area contributed by atoms with Crippen molar-refractivity contribution >= 4 is 0 Å². The summed E-state index contributed by atoms with van der Waals surface area (Å²) in [5, 5.41) is 12.5. The average Bonchev–Trinajstić information content (AvgIpc) is 2.19. The zero-order valence-electron chi connectivity index (χ0n) is 8.59. The Hall–Kier alpha value is -1.46. The first kappa shape index (κ1) is 10.6. The molecule has 0 radical (unpaired) electrons. The maximum absolute atomic E-state index is 9.42. The van der Waals surface area contributed by atoms with Crippen molar-refractivity contribution in [2.45, 2.75) is 13.3 Å². The summed E-state index contributed by atoms with van der Waals surface area (Å²) in [7, 11) is 1.90. The third kappa shape index (κ3) is 2.79. The third-order valence-corrected chi connectivity index (χ3v) is 2.03. The van der Waals surface area contributed by atoms with Crippen molar-refractivity contribution in [3.05, 3.63) is 29.3 Å². The van der Waals surface area contributed by atoms with E-state index in [1.54, 1.807) is 6.07 Å². The molecule has 2 heteroatoms. The molecule has 0 heterocycles. The summed E-state index contributed by atoms with van der Waals surface area (Å²) in [4.78, 5) is 0. The highest BCUT2D eigenvalue weighted by Gasteiger charge is 1.98. The van der Waals surface area contributed by atoms with Gasteiger partial charge in [0.1, 0.15) is 5.75 Å². The van der Waals surface area contributed by atoms with E-state index < -0.39 is 0 Å². The van der Waals surface area contributed by atoms with E-state index in [1.807, 2.05) is 26.1 Å². The van der Waals surface area contributed by atoms with E-state index in [9.17, 15) is 5.11 Å². The van der Waals surface area contributed by atoms with Crippen LogP contribution in [-0.4, -0.2) is 18.7 Å². The second-order valence-corrected chi connectivity index (χ2v) is 3.11. The molecule has 1 aromatic carbocycles. The number of aromatic hydroxyl groups is 1. The molecule has 0 aliphatic carbocycles. The summed E-state index contributed by atoms with van der Waals surface area (Å²) in [5.74, 6) is 6.40. The molecule has 0 aliphatic rings. The SMILES string of the molecule is CNCCC#Cc1cccc(O)c1C. The topological polar surface area (TPSA) is 32.3 Å². The molecule has 2 nitrogen and oxygen atoms in total. The summed E-state index contributed by atoms with van der Waals surface area (Å²) >= 11 is 0. The highest BCUT2D eigenvalue weighted by Crippen LogP contribution is 2.18. The Morgan fingerprint density at radius 1 is 1.43 bits per heavy atom. The smallest absolute Gasteiger partial charge is 0.119 e. The molecular weight excluding hydrogens is 174 g/mol. The lowest BCUT2D eigenvalue weighted by atomic mass is 10.1. The maximum atomic E-state index is 9.42. The highest BCUT2D eigenvalue weighted by molar-refractivity contribution is 5.47. The standard InChI is InChI=1S/C12H15NO/c1-10-11(6-3-4-9-13-2)7-5-8-12(10)14/h5,7-8,13-14H,4,9H2,1-2H3. The summed E-state index contributed by atoms with van der Waals surface area (Å²) < 4.78 is 0. The molecule has 2 N–H and O–H groups in total. The van der Waals surface area contributed by atoms with Crippen LogP contribution in [0.25, 0.3) is 0 Å². The number of rotatable bonds is 2. The first-order chi connectivity index (χ1) is 6.75. The van der Waals surface area contributed by atoms with Crippen molar-refractivity contribution in [3.8, 4) is 17.6 Å². The van der Waals surface area contributed by atoms with E-state index >= 15 is 0 Å².